The maximum absolute atomic E-state index is 12.7. The van der Waals surface area contributed by atoms with Crippen molar-refractivity contribution < 1.29 is 13.6 Å². The molecule has 2 aromatic rings. The van der Waals surface area contributed by atoms with Crippen LogP contribution in [0.2, 0.25) is 0 Å². The zero-order chi connectivity index (χ0) is 16.4. The van der Waals surface area contributed by atoms with Gasteiger partial charge in [-0.15, -0.1) is 0 Å². The summed E-state index contributed by atoms with van der Waals surface area (Å²) in [5.74, 6) is -0.231. The fourth-order valence-corrected chi connectivity index (χ4v) is 2.01. The number of nitriles is 1. The Morgan fingerprint density at radius 2 is 2.18 bits per heavy atom. The minimum absolute atomic E-state index is 0.216. The van der Waals surface area contributed by atoms with E-state index >= 15 is 0 Å². The van der Waals surface area contributed by atoms with E-state index < -0.39 is 18.4 Å². The van der Waals surface area contributed by atoms with E-state index in [9.17, 15) is 13.6 Å². The fraction of sp³-hybridized carbons (Fsp3) is 0.385. The van der Waals surface area contributed by atoms with Crippen LogP contribution in [0, 0.1) is 18.3 Å². The number of nitrogens with zero attached hydrogens (tertiary/aromatic N) is 5. The number of nitrogens with one attached hydrogen (secondary N) is 1. The van der Waals surface area contributed by atoms with Crippen LogP contribution >= 0.6 is 0 Å². The lowest BCUT2D eigenvalue weighted by molar-refractivity contribution is -0.119. The Hall–Kier alpha value is -2.76. The zero-order valence-electron chi connectivity index (χ0n) is 12.2. The van der Waals surface area contributed by atoms with Crippen molar-refractivity contribution in [3.8, 4) is 6.07 Å². The molecule has 2 aromatic heterocycles. The van der Waals surface area contributed by atoms with Crippen LogP contribution in [0.3, 0.4) is 0 Å². The Morgan fingerprint density at radius 1 is 1.50 bits per heavy atom. The average Bonchev–Trinajstić information content (AvgIpc) is 3.02. The van der Waals surface area contributed by atoms with E-state index in [1.807, 2.05) is 6.07 Å². The van der Waals surface area contributed by atoms with E-state index in [1.165, 1.54) is 28.6 Å². The van der Waals surface area contributed by atoms with Gasteiger partial charge in [0.15, 0.2) is 0 Å². The minimum Gasteiger partial charge on any atom is -0.308 e. The van der Waals surface area contributed by atoms with Gasteiger partial charge in [0.1, 0.15) is 29.2 Å². The molecule has 0 aliphatic carbocycles. The van der Waals surface area contributed by atoms with Gasteiger partial charge in [-0.25, -0.2) is 8.78 Å². The number of halogens is 2. The molecule has 0 fully saturated rings. The van der Waals surface area contributed by atoms with Gasteiger partial charge < -0.3 is 5.32 Å². The van der Waals surface area contributed by atoms with E-state index in [-0.39, 0.29) is 17.1 Å². The number of amides is 1. The van der Waals surface area contributed by atoms with Crippen molar-refractivity contribution in [3.05, 3.63) is 29.2 Å². The Balaban J connectivity index is 2.23. The molecule has 22 heavy (non-hydrogen) atoms. The number of aromatic nitrogens is 4. The third-order valence-electron chi connectivity index (χ3n) is 3.21. The van der Waals surface area contributed by atoms with Crippen molar-refractivity contribution in [1.82, 2.24) is 19.6 Å². The van der Waals surface area contributed by atoms with Crippen LogP contribution in [0.5, 0.6) is 0 Å². The van der Waals surface area contributed by atoms with E-state index in [4.69, 9.17) is 5.26 Å². The third kappa shape index (κ3) is 2.81. The first-order valence-electron chi connectivity index (χ1n) is 6.42. The first kappa shape index (κ1) is 15.6. The number of rotatable bonds is 4. The van der Waals surface area contributed by atoms with Crippen LogP contribution < -0.4 is 5.32 Å². The lowest BCUT2D eigenvalue weighted by atomic mass is 10.3. The highest BCUT2D eigenvalue weighted by Crippen LogP contribution is 2.21. The Kier molecular flexibility index (Phi) is 4.21. The minimum atomic E-state index is -2.70. The molecule has 0 saturated carbocycles. The summed E-state index contributed by atoms with van der Waals surface area (Å²) in [7, 11) is 1.58. The van der Waals surface area contributed by atoms with Gasteiger partial charge in [-0.3, -0.25) is 14.2 Å². The molecule has 0 aliphatic heterocycles. The maximum atomic E-state index is 12.7. The second-order valence-electron chi connectivity index (χ2n) is 4.76. The Morgan fingerprint density at radius 3 is 2.73 bits per heavy atom. The van der Waals surface area contributed by atoms with Gasteiger partial charge in [-0.2, -0.15) is 15.5 Å². The van der Waals surface area contributed by atoms with E-state index in [0.29, 0.717) is 5.69 Å². The summed E-state index contributed by atoms with van der Waals surface area (Å²) in [6.07, 6.45) is -1.37. The number of aryl methyl sites for hydroxylation is 2. The summed E-state index contributed by atoms with van der Waals surface area (Å²) in [5, 5.41) is 19.1. The monoisotopic (exact) mass is 308 g/mol. The SMILES string of the molecule is Cc1cc(C(F)F)nn1C(C)C(=O)Nc1c(C#N)cnn1C. The number of anilines is 1. The first-order chi connectivity index (χ1) is 10.3. The standard InChI is InChI=1S/C13H14F2N6O/c1-7-4-10(11(14)15)19-21(7)8(2)13(22)18-12-9(5-16)6-17-20(12)3/h4,6,8,11H,1-3H3,(H,18,22). The molecule has 1 amide bonds. The highest BCUT2D eigenvalue weighted by Gasteiger charge is 2.23. The van der Waals surface area contributed by atoms with Gasteiger partial charge in [0.2, 0.25) is 5.91 Å². The molecule has 2 rings (SSSR count). The molecule has 9 heteroatoms. The highest BCUT2D eigenvalue weighted by molar-refractivity contribution is 5.93. The molecule has 0 bridgehead atoms. The van der Waals surface area contributed by atoms with Crippen molar-refractivity contribution in [3.63, 3.8) is 0 Å². The second kappa shape index (κ2) is 5.93. The van der Waals surface area contributed by atoms with Crippen LogP contribution in [0.1, 0.15) is 36.3 Å². The van der Waals surface area contributed by atoms with Crippen molar-refractivity contribution in [2.75, 3.05) is 5.32 Å². The van der Waals surface area contributed by atoms with Gasteiger partial charge in [0, 0.05) is 12.7 Å². The van der Waals surface area contributed by atoms with Gasteiger partial charge >= 0.3 is 0 Å². The summed E-state index contributed by atoms with van der Waals surface area (Å²) < 4.78 is 27.9. The van der Waals surface area contributed by atoms with Crippen LogP contribution in [-0.4, -0.2) is 25.5 Å². The Labute approximate surface area is 125 Å². The number of alkyl halides is 2. The third-order valence-corrected chi connectivity index (χ3v) is 3.21. The largest absolute Gasteiger partial charge is 0.308 e. The molecule has 1 N–H and O–H groups in total. The van der Waals surface area contributed by atoms with Crippen molar-refractivity contribution in [1.29, 1.82) is 5.26 Å². The number of carbonyl (C=O) groups is 1. The molecule has 0 radical (unpaired) electrons. The van der Waals surface area contributed by atoms with Crippen molar-refractivity contribution >= 4 is 11.7 Å². The summed E-state index contributed by atoms with van der Waals surface area (Å²) in [5.41, 5.74) is 0.285. The highest BCUT2D eigenvalue weighted by atomic mass is 19.3. The van der Waals surface area contributed by atoms with E-state index in [0.717, 1.165) is 0 Å². The Bertz CT molecular complexity index is 742. The predicted octanol–water partition coefficient (Wildman–Crippen LogP) is 1.93. The molecule has 1 unspecified atom stereocenters. The number of hydrogen-bond acceptors (Lipinski definition) is 4. The topological polar surface area (TPSA) is 88.5 Å². The second-order valence-corrected chi connectivity index (χ2v) is 4.76. The normalized spacial score (nSPS) is 12.2. The summed E-state index contributed by atoms with van der Waals surface area (Å²) in [6, 6.07) is 2.34. The van der Waals surface area contributed by atoms with Gasteiger partial charge in [-0.05, 0) is 19.9 Å². The molecule has 7 nitrogen and oxygen atoms in total. The van der Waals surface area contributed by atoms with Crippen LogP contribution in [0.25, 0.3) is 0 Å². The van der Waals surface area contributed by atoms with Crippen LogP contribution in [0.4, 0.5) is 14.6 Å². The van der Waals surface area contributed by atoms with E-state index in [2.05, 4.69) is 15.5 Å². The van der Waals surface area contributed by atoms with Gasteiger partial charge in [-0.1, -0.05) is 0 Å². The zero-order valence-corrected chi connectivity index (χ0v) is 12.2. The lowest BCUT2D eigenvalue weighted by Crippen LogP contribution is -2.26. The molecule has 2 heterocycles. The lowest BCUT2D eigenvalue weighted by Gasteiger charge is -2.14. The predicted molar refractivity (Wildman–Crippen MR) is 73.2 cm³/mol. The van der Waals surface area contributed by atoms with Crippen LogP contribution in [-0.2, 0) is 11.8 Å². The maximum Gasteiger partial charge on any atom is 0.282 e. The van der Waals surface area contributed by atoms with Crippen molar-refractivity contribution in [2.24, 2.45) is 7.05 Å². The summed E-state index contributed by atoms with van der Waals surface area (Å²) >= 11 is 0. The molecule has 0 aromatic carbocycles. The molecular formula is C13H14F2N6O. The molecular weight excluding hydrogens is 294 g/mol. The molecule has 1 atom stereocenters. The number of hydrogen-bond donors (Lipinski definition) is 1. The average molecular weight is 308 g/mol. The molecule has 0 saturated heterocycles. The number of carbonyl (C=O) groups excluding carboxylic acids is 1. The summed E-state index contributed by atoms with van der Waals surface area (Å²) in [4.78, 5) is 12.3. The molecule has 0 spiro atoms. The van der Waals surface area contributed by atoms with Crippen LogP contribution in [0.15, 0.2) is 12.3 Å². The quantitative estimate of drug-likeness (QED) is 0.934. The molecule has 116 valence electrons. The molecule has 0 aliphatic rings. The first-order valence-corrected chi connectivity index (χ1v) is 6.42. The summed E-state index contributed by atoms with van der Waals surface area (Å²) in [6.45, 7) is 3.13. The fourth-order valence-electron chi connectivity index (χ4n) is 2.01. The van der Waals surface area contributed by atoms with E-state index in [1.54, 1.807) is 14.0 Å². The van der Waals surface area contributed by atoms with Crippen molar-refractivity contribution in [2.45, 2.75) is 26.3 Å². The smallest absolute Gasteiger partial charge is 0.282 e. The van der Waals surface area contributed by atoms with Gasteiger partial charge in [0.25, 0.3) is 6.43 Å². The van der Waals surface area contributed by atoms with Gasteiger partial charge in [0.05, 0.1) is 6.20 Å².